The minimum Gasteiger partial charge on any atom is -0.376 e. The van der Waals surface area contributed by atoms with Gasteiger partial charge in [-0.1, -0.05) is 25.6 Å². The van der Waals surface area contributed by atoms with Crippen LogP contribution in [0.3, 0.4) is 0 Å². The molecule has 0 bridgehead atoms. The summed E-state index contributed by atoms with van der Waals surface area (Å²) in [5.41, 5.74) is 0. The Morgan fingerprint density at radius 1 is 1.65 bits per heavy atom. The van der Waals surface area contributed by atoms with Crippen molar-refractivity contribution in [1.29, 1.82) is 0 Å². The molecule has 0 radical (unpaired) electrons. The number of aldehydes is 1. The molecule has 0 saturated carbocycles. The summed E-state index contributed by atoms with van der Waals surface area (Å²) in [5, 5.41) is 4.05. The molecule has 0 aromatic heterocycles. The molecule has 0 aromatic carbocycles. The van der Waals surface area contributed by atoms with Gasteiger partial charge in [-0.05, 0) is 18.8 Å². The highest BCUT2D eigenvalue weighted by atomic mass is 32.2. The van der Waals surface area contributed by atoms with Gasteiger partial charge in [0, 0.05) is 20.2 Å². The van der Waals surface area contributed by atoms with Crippen LogP contribution < -0.4 is 5.32 Å². The van der Waals surface area contributed by atoms with Crippen LogP contribution in [0.1, 0.15) is 26.7 Å². The van der Waals surface area contributed by atoms with Gasteiger partial charge < -0.3 is 14.8 Å². The van der Waals surface area contributed by atoms with Crippen molar-refractivity contribution in [1.82, 2.24) is 5.32 Å². The van der Waals surface area contributed by atoms with E-state index in [0.717, 1.165) is 37.4 Å². The number of hydrogen-bond acceptors (Lipinski definition) is 4. The van der Waals surface area contributed by atoms with Gasteiger partial charge in [0.2, 0.25) is 0 Å². The minimum absolute atomic E-state index is 0.0364. The van der Waals surface area contributed by atoms with E-state index >= 15 is 0 Å². The molecule has 4 nitrogen and oxygen atoms in total. The van der Waals surface area contributed by atoms with Gasteiger partial charge in [-0.3, -0.25) is 4.99 Å². The molecule has 1 N–H and O–H groups in total. The molecule has 5 heteroatoms. The van der Waals surface area contributed by atoms with Crippen molar-refractivity contribution < 1.29 is 9.53 Å². The third-order valence-corrected chi connectivity index (χ3v) is 4.22. The molecule has 1 saturated heterocycles. The smallest absolute Gasteiger partial charge is 0.157 e. The number of thioether (sulfide) groups is 1. The first kappa shape index (κ1) is 14.5. The normalized spacial score (nSPS) is 22.8. The Morgan fingerprint density at radius 2 is 2.41 bits per heavy atom. The van der Waals surface area contributed by atoms with Gasteiger partial charge in [-0.25, -0.2) is 0 Å². The fourth-order valence-corrected chi connectivity index (χ4v) is 2.49. The molecule has 1 fully saturated rings. The van der Waals surface area contributed by atoms with Crippen molar-refractivity contribution in [2.75, 3.05) is 20.2 Å². The van der Waals surface area contributed by atoms with E-state index in [-0.39, 0.29) is 5.25 Å². The van der Waals surface area contributed by atoms with E-state index in [2.05, 4.69) is 10.3 Å². The zero-order chi connectivity index (χ0) is 12.7. The van der Waals surface area contributed by atoms with Crippen molar-refractivity contribution in [3.8, 4) is 0 Å². The third kappa shape index (κ3) is 5.08. The summed E-state index contributed by atoms with van der Waals surface area (Å²) in [7, 11) is 1.74. The van der Waals surface area contributed by atoms with Crippen LogP contribution >= 0.6 is 11.8 Å². The predicted octanol–water partition coefficient (Wildman–Crippen LogP) is 1.70. The molecule has 2 atom stereocenters. The van der Waals surface area contributed by atoms with E-state index in [0.29, 0.717) is 12.0 Å². The highest BCUT2D eigenvalue weighted by Crippen LogP contribution is 2.18. The summed E-state index contributed by atoms with van der Waals surface area (Å²) in [4.78, 5) is 15.1. The summed E-state index contributed by atoms with van der Waals surface area (Å²) in [6.45, 7) is 5.73. The van der Waals surface area contributed by atoms with Crippen LogP contribution in [-0.2, 0) is 9.53 Å². The molecule has 1 heterocycles. The Hall–Kier alpha value is -0.550. The van der Waals surface area contributed by atoms with Crippen LogP contribution in [0.15, 0.2) is 4.99 Å². The second kappa shape index (κ2) is 7.71. The largest absolute Gasteiger partial charge is 0.376 e. The highest BCUT2D eigenvalue weighted by molar-refractivity contribution is 8.14. The summed E-state index contributed by atoms with van der Waals surface area (Å²) >= 11 is 1.50. The van der Waals surface area contributed by atoms with Gasteiger partial charge in [0.15, 0.2) is 5.17 Å². The Balaban J connectivity index is 2.34. The molecular formula is C12H22N2O2S. The first-order valence-electron chi connectivity index (χ1n) is 6.11. The van der Waals surface area contributed by atoms with Gasteiger partial charge in [0.1, 0.15) is 6.29 Å². The molecule has 1 aliphatic heterocycles. The lowest BCUT2D eigenvalue weighted by Gasteiger charge is -2.17. The average molecular weight is 258 g/mol. The van der Waals surface area contributed by atoms with Gasteiger partial charge in [-0.15, -0.1) is 0 Å². The maximum Gasteiger partial charge on any atom is 0.157 e. The molecule has 2 unspecified atom stereocenters. The van der Waals surface area contributed by atoms with Crippen molar-refractivity contribution in [3.63, 3.8) is 0 Å². The standard InChI is InChI=1S/C12H22N2O2S/c1-9(2)11(8-15)17-12(13-3)14-7-10-5-4-6-16-10/h8-11H,4-7H2,1-3H3,(H,13,14). The number of carbonyl (C=O) groups is 1. The van der Waals surface area contributed by atoms with Crippen LogP contribution in [-0.4, -0.2) is 43.0 Å². The summed E-state index contributed by atoms with van der Waals surface area (Å²) < 4.78 is 5.53. The molecule has 17 heavy (non-hydrogen) atoms. The van der Waals surface area contributed by atoms with Crippen molar-refractivity contribution in [3.05, 3.63) is 0 Å². The van der Waals surface area contributed by atoms with Gasteiger partial charge in [-0.2, -0.15) is 0 Å². The Labute approximate surface area is 108 Å². The van der Waals surface area contributed by atoms with Crippen LogP contribution in [0.25, 0.3) is 0 Å². The number of ether oxygens (including phenoxy) is 1. The van der Waals surface area contributed by atoms with E-state index in [9.17, 15) is 4.79 Å². The molecular weight excluding hydrogens is 236 g/mol. The SMILES string of the molecule is CN=C(NCC1CCCO1)SC(C=O)C(C)C. The topological polar surface area (TPSA) is 50.7 Å². The van der Waals surface area contributed by atoms with Crippen molar-refractivity contribution in [2.45, 2.75) is 38.0 Å². The third-order valence-electron chi connectivity index (χ3n) is 2.75. The number of rotatable bonds is 5. The van der Waals surface area contributed by atoms with Crippen LogP contribution in [0.5, 0.6) is 0 Å². The highest BCUT2D eigenvalue weighted by Gasteiger charge is 2.18. The van der Waals surface area contributed by atoms with E-state index in [4.69, 9.17) is 4.74 Å². The number of carbonyl (C=O) groups excluding carboxylic acids is 1. The zero-order valence-electron chi connectivity index (χ0n) is 10.8. The monoisotopic (exact) mass is 258 g/mol. The van der Waals surface area contributed by atoms with Crippen molar-refractivity contribution >= 4 is 23.2 Å². The fraction of sp³-hybridized carbons (Fsp3) is 0.833. The van der Waals surface area contributed by atoms with Gasteiger partial charge in [0.05, 0.1) is 11.4 Å². The minimum atomic E-state index is -0.0364. The molecule has 0 aliphatic carbocycles. The van der Waals surface area contributed by atoms with Crippen LogP contribution in [0, 0.1) is 5.92 Å². The maximum absolute atomic E-state index is 10.9. The van der Waals surface area contributed by atoms with E-state index in [1.54, 1.807) is 7.05 Å². The average Bonchev–Trinajstić information content (AvgIpc) is 2.82. The number of amidine groups is 1. The lowest BCUT2D eigenvalue weighted by molar-refractivity contribution is -0.107. The van der Waals surface area contributed by atoms with Crippen LogP contribution in [0.2, 0.25) is 0 Å². The van der Waals surface area contributed by atoms with Gasteiger partial charge in [0.25, 0.3) is 0 Å². The zero-order valence-corrected chi connectivity index (χ0v) is 11.6. The molecule has 0 amide bonds. The quantitative estimate of drug-likeness (QED) is 0.463. The van der Waals surface area contributed by atoms with Crippen LogP contribution in [0.4, 0.5) is 0 Å². The van der Waals surface area contributed by atoms with Crippen molar-refractivity contribution in [2.24, 2.45) is 10.9 Å². The lowest BCUT2D eigenvalue weighted by atomic mass is 10.1. The number of nitrogens with one attached hydrogen (secondary N) is 1. The Bertz CT molecular complexity index is 263. The van der Waals surface area contributed by atoms with Gasteiger partial charge >= 0.3 is 0 Å². The van der Waals surface area contributed by atoms with E-state index in [1.165, 1.54) is 11.8 Å². The summed E-state index contributed by atoms with van der Waals surface area (Å²) in [6.07, 6.45) is 3.53. The molecule has 98 valence electrons. The predicted molar refractivity (Wildman–Crippen MR) is 72.6 cm³/mol. The van der Waals surface area contributed by atoms with E-state index < -0.39 is 0 Å². The summed E-state index contributed by atoms with van der Waals surface area (Å²) in [5.74, 6) is 0.318. The molecule has 1 rings (SSSR count). The lowest BCUT2D eigenvalue weighted by Crippen LogP contribution is -2.32. The van der Waals surface area contributed by atoms with E-state index in [1.807, 2.05) is 13.8 Å². The number of hydrogen-bond donors (Lipinski definition) is 1. The second-order valence-electron chi connectivity index (χ2n) is 4.51. The molecule has 0 aromatic rings. The first-order valence-corrected chi connectivity index (χ1v) is 6.99. The number of nitrogens with zero attached hydrogens (tertiary/aromatic N) is 1. The molecule has 1 aliphatic rings. The molecule has 0 spiro atoms. The Morgan fingerprint density at radius 3 is 2.88 bits per heavy atom. The second-order valence-corrected chi connectivity index (χ2v) is 5.67. The Kier molecular flexibility index (Phi) is 6.58. The number of aliphatic imine (C=N–C) groups is 1. The summed E-state index contributed by atoms with van der Waals surface area (Å²) in [6, 6.07) is 0. The fourth-order valence-electron chi connectivity index (χ4n) is 1.63. The maximum atomic E-state index is 10.9. The first-order chi connectivity index (χ1) is 8.17.